The van der Waals surface area contributed by atoms with Gasteiger partial charge in [0.15, 0.2) is 0 Å². The summed E-state index contributed by atoms with van der Waals surface area (Å²) in [6, 6.07) is 4.81. The molecule has 0 aliphatic rings. The van der Waals surface area contributed by atoms with Crippen molar-refractivity contribution >= 4 is 20.0 Å². The monoisotopic (exact) mass is 308 g/mol. The third-order valence-corrected chi connectivity index (χ3v) is 5.36. The first kappa shape index (κ1) is 16.1. The fourth-order valence-corrected chi connectivity index (χ4v) is 3.64. The normalized spacial score (nSPS) is 12.8. The Kier molecular flexibility index (Phi) is 5.04. The smallest absolute Gasteiger partial charge is 0.243 e. The number of nitrogens with two attached hydrogens (primary N) is 1. The van der Waals surface area contributed by atoms with E-state index in [1.165, 1.54) is 18.2 Å². The van der Waals surface area contributed by atoms with Gasteiger partial charge in [-0.05, 0) is 18.2 Å². The quantitative estimate of drug-likeness (QED) is 0.723. The highest BCUT2D eigenvalue weighted by molar-refractivity contribution is 7.90. The second kappa shape index (κ2) is 5.97. The first-order valence-corrected chi connectivity index (χ1v) is 8.46. The summed E-state index contributed by atoms with van der Waals surface area (Å²) < 4.78 is 47.9. The maximum atomic E-state index is 12.2. The molecule has 7 nitrogen and oxygen atoms in total. The van der Waals surface area contributed by atoms with E-state index in [1.54, 1.807) is 6.92 Å². The molecule has 0 amide bonds. The molecule has 0 bridgehead atoms. The van der Waals surface area contributed by atoms with Crippen LogP contribution in [0.5, 0.6) is 0 Å². The number of likely N-dealkylation sites (N-methyl/N-ethyl adjacent to an activating group) is 1. The van der Waals surface area contributed by atoms with Crippen molar-refractivity contribution in [3.8, 4) is 0 Å². The van der Waals surface area contributed by atoms with Gasteiger partial charge >= 0.3 is 0 Å². The largest absolute Gasteiger partial charge is 0.395 e. The maximum absolute atomic E-state index is 12.2. The molecule has 0 saturated carbocycles. The second-order valence-corrected chi connectivity index (χ2v) is 7.24. The average molecular weight is 308 g/mol. The number of aliphatic hydroxyl groups is 1. The summed E-state index contributed by atoms with van der Waals surface area (Å²) in [5, 5.41) is 13.8. The molecule has 0 heterocycles. The van der Waals surface area contributed by atoms with Gasteiger partial charge < -0.3 is 5.11 Å². The number of nitrogens with zero attached hydrogens (tertiary/aromatic N) is 1. The summed E-state index contributed by atoms with van der Waals surface area (Å²) in [6.07, 6.45) is 0. The van der Waals surface area contributed by atoms with Gasteiger partial charge in [-0.25, -0.2) is 22.0 Å². The number of hydrogen-bond acceptors (Lipinski definition) is 5. The van der Waals surface area contributed by atoms with Crippen LogP contribution in [0.25, 0.3) is 0 Å². The van der Waals surface area contributed by atoms with Crippen LogP contribution in [0.1, 0.15) is 6.92 Å². The molecule has 0 saturated heterocycles. The zero-order valence-electron chi connectivity index (χ0n) is 10.4. The van der Waals surface area contributed by atoms with Crippen LogP contribution in [0, 0.1) is 0 Å². The lowest BCUT2D eigenvalue weighted by molar-refractivity contribution is 0.257. The van der Waals surface area contributed by atoms with E-state index in [4.69, 9.17) is 10.2 Å². The fourth-order valence-electron chi connectivity index (χ4n) is 1.52. The summed E-state index contributed by atoms with van der Waals surface area (Å²) in [4.78, 5) is -0.442. The Hall–Kier alpha value is -1.00. The molecule has 1 aromatic rings. The second-order valence-electron chi connectivity index (χ2n) is 3.74. The Bertz CT molecular complexity index is 640. The number of aliphatic hydroxyl groups excluding tert-OH is 1. The molecular formula is C10H16N2O5S2. The standard InChI is InChI=1S/C10H16N2O5S2/c1-2-12(6-7-13)19(16,17)10-5-3-4-9(8-10)18(11,14)15/h3-5,8,13H,2,6-7H2,1H3,(H2,11,14,15). The van der Waals surface area contributed by atoms with E-state index in [-0.39, 0.29) is 29.5 Å². The molecule has 0 fully saturated rings. The number of rotatable bonds is 6. The van der Waals surface area contributed by atoms with Crippen LogP contribution in [0.15, 0.2) is 34.1 Å². The molecule has 0 atom stereocenters. The van der Waals surface area contributed by atoms with Crippen LogP contribution < -0.4 is 5.14 Å². The van der Waals surface area contributed by atoms with Gasteiger partial charge in [0.1, 0.15) is 0 Å². The van der Waals surface area contributed by atoms with Crippen LogP contribution >= 0.6 is 0 Å². The van der Waals surface area contributed by atoms with Gasteiger partial charge in [0, 0.05) is 13.1 Å². The first-order chi connectivity index (χ1) is 8.73. The number of benzene rings is 1. The van der Waals surface area contributed by atoms with Gasteiger partial charge in [-0.15, -0.1) is 0 Å². The first-order valence-electron chi connectivity index (χ1n) is 5.47. The maximum Gasteiger partial charge on any atom is 0.243 e. The summed E-state index contributed by atoms with van der Waals surface area (Å²) in [7, 11) is -7.81. The van der Waals surface area contributed by atoms with E-state index >= 15 is 0 Å². The summed E-state index contributed by atoms with van der Waals surface area (Å²) in [5.74, 6) is 0. The molecule has 3 N–H and O–H groups in total. The SMILES string of the molecule is CCN(CCO)S(=O)(=O)c1cccc(S(N)(=O)=O)c1. The zero-order valence-corrected chi connectivity index (χ0v) is 12.0. The van der Waals surface area contributed by atoms with Gasteiger partial charge in [-0.3, -0.25) is 0 Å². The topological polar surface area (TPSA) is 118 Å². The van der Waals surface area contributed by atoms with Gasteiger partial charge in [-0.2, -0.15) is 4.31 Å². The van der Waals surface area contributed by atoms with Crippen molar-refractivity contribution in [2.24, 2.45) is 5.14 Å². The Morgan fingerprint density at radius 3 is 2.26 bits per heavy atom. The van der Waals surface area contributed by atoms with E-state index < -0.39 is 20.0 Å². The molecule has 0 aromatic heterocycles. The fraction of sp³-hybridized carbons (Fsp3) is 0.400. The minimum Gasteiger partial charge on any atom is -0.395 e. The molecular weight excluding hydrogens is 292 g/mol. The van der Waals surface area contributed by atoms with Crippen molar-refractivity contribution in [3.63, 3.8) is 0 Å². The molecule has 1 rings (SSSR count). The molecule has 9 heteroatoms. The van der Waals surface area contributed by atoms with Crippen molar-refractivity contribution in [1.29, 1.82) is 0 Å². The van der Waals surface area contributed by atoms with Crippen LogP contribution in [-0.4, -0.2) is 45.9 Å². The van der Waals surface area contributed by atoms with E-state index in [2.05, 4.69) is 0 Å². The van der Waals surface area contributed by atoms with Crippen molar-refractivity contribution in [3.05, 3.63) is 24.3 Å². The minimum absolute atomic E-state index is 0.0571. The Labute approximate surface area is 112 Å². The van der Waals surface area contributed by atoms with Crippen molar-refractivity contribution in [1.82, 2.24) is 4.31 Å². The summed E-state index contributed by atoms with van der Waals surface area (Å²) >= 11 is 0. The lowest BCUT2D eigenvalue weighted by atomic mass is 10.4. The molecule has 0 radical (unpaired) electrons. The highest BCUT2D eigenvalue weighted by Gasteiger charge is 2.23. The lowest BCUT2D eigenvalue weighted by Crippen LogP contribution is -2.33. The Morgan fingerprint density at radius 1 is 1.21 bits per heavy atom. The molecule has 108 valence electrons. The van der Waals surface area contributed by atoms with Crippen LogP contribution in [-0.2, 0) is 20.0 Å². The summed E-state index contributed by atoms with van der Waals surface area (Å²) in [5.41, 5.74) is 0. The van der Waals surface area contributed by atoms with Crippen molar-refractivity contribution < 1.29 is 21.9 Å². The molecule has 19 heavy (non-hydrogen) atoms. The highest BCUT2D eigenvalue weighted by atomic mass is 32.2. The van der Waals surface area contributed by atoms with Gasteiger partial charge in [-0.1, -0.05) is 13.0 Å². The molecule has 0 unspecified atom stereocenters. The predicted molar refractivity (Wildman–Crippen MR) is 69.3 cm³/mol. The van der Waals surface area contributed by atoms with Gasteiger partial charge in [0.2, 0.25) is 20.0 Å². The number of sulfonamides is 2. The zero-order chi connectivity index (χ0) is 14.7. The summed E-state index contributed by atoms with van der Waals surface area (Å²) in [6.45, 7) is 1.42. The Morgan fingerprint density at radius 2 is 1.79 bits per heavy atom. The minimum atomic E-state index is -3.96. The van der Waals surface area contributed by atoms with Gasteiger partial charge in [0.05, 0.1) is 16.4 Å². The third-order valence-electron chi connectivity index (χ3n) is 2.47. The van der Waals surface area contributed by atoms with E-state index in [9.17, 15) is 16.8 Å². The lowest BCUT2D eigenvalue weighted by Gasteiger charge is -2.19. The molecule has 0 aliphatic heterocycles. The number of primary sulfonamides is 1. The molecule has 0 aliphatic carbocycles. The van der Waals surface area contributed by atoms with Crippen molar-refractivity contribution in [2.75, 3.05) is 19.7 Å². The predicted octanol–water partition coefficient (Wildman–Crippen LogP) is -0.663. The van der Waals surface area contributed by atoms with E-state index in [1.807, 2.05) is 0 Å². The Balaban J connectivity index is 3.30. The third kappa shape index (κ3) is 3.74. The molecule has 1 aromatic carbocycles. The van der Waals surface area contributed by atoms with Gasteiger partial charge in [0.25, 0.3) is 0 Å². The number of hydrogen-bond donors (Lipinski definition) is 2. The van der Waals surface area contributed by atoms with Crippen LogP contribution in [0.2, 0.25) is 0 Å². The van der Waals surface area contributed by atoms with E-state index in [0.29, 0.717) is 0 Å². The van der Waals surface area contributed by atoms with Crippen molar-refractivity contribution in [2.45, 2.75) is 16.7 Å². The van der Waals surface area contributed by atoms with Crippen LogP contribution in [0.4, 0.5) is 0 Å². The van der Waals surface area contributed by atoms with Crippen LogP contribution in [0.3, 0.4) is 0 Å². The van der Waals surface area contributed by atoms with E-state index in [0.717, 1.165) is 10.4 Å². The highest BCUT2D eigenvalue weighted by Crippen LogP contribution is 2.18. The molecule has 0 spiro atoms. The average Bonchev–Trinajstić information content (AvgIpc) is 2.34.